The van der Waals surface area contributed by atoms with E-state index in [-0.39, 0.29) is 0 Å². The van der Waals surface area contributed by atoms with Gasteiger partial charge < -0.3 is 5.32 Å². The van der Waals surface area contributed by atoms with Gasteiger partial charge in [-0.1, -0.05) is 74.0 Å². The second-order valence-electron chi connectivity index (χ2n) is 8.03. The summed E-state index contributed by atoms with van der Waals surface area (Å²) in [5.74, 6) is 0. The van der Waals surface area contributed by atoms with Crippen LogP contribution in [0.15, 0.2) is 72.8 Å². The van der Waals surface area contributed by atoms with Crippen LogP contribution in [0.2, 0.25) is 0 Å². The molecule has 0 fully saturated rings. The highest BCUT2D eigenvalue weighted by atomic mass is 19.4. The number of halogens is 3. The van der Waals surface area contributed by atoms with Gasteiger partial charge in [0.25, 0.3) is 0 Å². The zero-order valence-electron chi connectivity index (χ0n) is 18.0. The van der Waals surface area contributed by atoms with E-state index in [1.165, 1.54) is 41.7 Å². The predicted molar refractivity (Wildman–Crippen MR) is 121 cm³/mol. The lowest BCUT2D eigenvalue weighted by atomic mass is 10.0. The molecule has 0 aliphatic heterocycles. The van der Waals surface area contributed by atoms with Crippen molar-refractivity contribution in [3.63, 3.8) is 0 Å². The minimum absolute atomic E-state index is 0.536. The van der Waals surface area contributed by atoms with Crippen LogP contribution >= 0.6 is 0 Å². The van der Waals surface area contributed by atoms with Gasteiger partial charge in [-0.25, -0.2) is 0 Å². The first-order valence-corrected chi connectivity index (χ1v) is 11.0. The van der Waals surface area contributed by atoms with Crippen LogP contribution < -0.4 is 5.32 Å². The molecule has 0 aromatic heterocycles. The van der Waals surface area contributed by atoms with Gasteiger partial charge in [0.15, 0.2) is 0 Å². The van der Waals surface area contributed by atoms with E-state index in [9.17, 15) is 13.2 Å². The fourth-order valence-corrected chi connectivity index (χ4v) is 3.53. The van der Waals surface area contributed by atoms with Crippen molar-refractivity contribution in [1.82, 2.24) is 5.32 Å². The molecule has 0 heterocycles. The number of benzene rings is 3. The van der Waals surface area contributed by atoms with Crippen molar-refractivity contribution in [2.24, 2.45) is 0 Å². The molecule has 0 saturated heterocycles. The summed E-state index contributed by atoms with van der Waals surface area (Å²) < 4.78 is 37.9. The number of nitrogens with one attached hydrogen (secondary N) is 1. The van der Waals surface area contributed by atoms with Crippen LogP contribution in [0.25, 0.3) is 0 Å². The van der Waals surface area contributed by atoms with Gasteiger partial charge in [0.1, 0.15) is 0 Å². The van der Waals surface area contributed by atoms with Gasteiger partial charge in [-0.2, -0.15) is 13.2 Å². The van der Waals surface area contributed by atoms with Crippen molar-refractivity contribution in [2.75, 3.05) is 0 Å². The van der Waals surface area contributed by atoms with E-state index in [2.05, 4.69) is 60.8 Å². The molecular weight excluding hydrogens is 395 g/mol. The minimum Gasteiger partial charge on any atom is -0.309 e. The molecule has 0 atom stereocenters. The largest absolute Gasteiger partial charge is 0.416 e. The fraction of sp³-hybridized carbons (Fsp3) is 0.333. The van der Waals surface area contributed by atoms with Crippen LogP contribution in [0.1, 0.15) is 53.1 Å². The Balaban J connectivity index is 1.41. The number of aryl methyl sites for hydroxylation is 3. The second kappa shape index (κ2) is 11.1. The first-order valence-electron chi connectivity index (χ1n) is 11.0. The maximum atomic E-state index is 12.6. The molecule has 0 radical (unpaired) electrons. The molecular formula is C27H30F3N. The molecule has 164 valence electrons. The lowest BCUT2D eigenvalue weighted by Gasteiger charge is -2.09. The van der Waals surface area contributed by atoms with Crippen molar-refractivity contribution < 1.29 is 13.2 Å². The monoisotopic (exact) mass is 425 g/mol. The van der Waals surface area contributed by atoms with Gasteiger partial charge in [0.05, 0.1) is 5.56 Å². The molecule has 0 aliphatic carbocycles. The van der Waals surface area contributed by atoms with Crippen LogP contribution in [-0.2, 0) is 38.5 Å². The number of rotatable bonds is 10. The summed E-state index contributed by atoms with van der Waals surface area (Å²) in [6.45, 7) is 3.43. The van der Waals surface area contributed by atoms with E-state index >= 15 is 0 Å². The van der Waals surface area contributed by atoms with Crippen LogP contribution in [0, 0.1) is 0 Å². The molecule has 1 nitrogen and oxygen atoms in total. The number of hydrogen-bond donors (Lipinski definition) is 1. The molecule has 0 spiro atoms. The Labute approximate surface area is 183 Å². The van der Waals surface area contributed by atoms with Crippen LogP contribution in [0.5, 0.6) is 0 Å². The van der Waals surface area contributed by atoms with E-state index < -0.39 is 11.7 Å². The summed E-state index contributed by atoms with van der Waals surface area (Å²) >= 11 is 0. The smallest absolute Gasteiger partial charge is 0.309 e. The highest BCUT2D eigenvalue weighted by Crippen LogP contribution is 2.29. The van der Waals surface area contributed by atoms with Gasteiger partial charge in [0.2, 0.25) is 0 Å². The Morgan fingerprint density at radius 2 is 0.968 bits per heavy atom. The van der Waals surface area contributed by atoms with Crippen LogP contribution in [-0.4, -0.2) is 0 Å². The van der Waals surface area contributed by atoms with Crippen molar-refractivity contribution in [1.29, 1.82) is 0 Å². The summed E-state index contributed by atoms with van der Waals surface area (Å²) in [6, 6.07) is 22.8. The maximum absolute atomic E-state index is 12.6. The summed E-state index contributed by atoms with van der Waals surface area (Å²) in [7, 11) is 0. The van der Waals surface area contributed by atoms with Crippen molar-refractivity contribution in [2.45, 2.75) is 58.3 Å². The normalized spacial score (nSPS) is 11.6. The number of alkyl halides is 3. The van der Waals surface area contributed by atoms with E-state index in [1.54, 1.807) is 0 Å². The standard InChI is InChI=1S/C27H30F3N/c1-2-3-4-21-5-7-22(8-6-21)9-10-23-11-13-24(14-12-23)19-31-20-25-15-17-26(18-16-25)27(28,29)30/h5-8,11-18,31H,2-4,9-10,19-20H2,1H3. The summed E-state index contributed by atoms with van der Waals surface area (Å²) in [5, 5.41) is 3.29. The summed E-state index contributed by atoms with van der Waals surface area (Å²) in [6.07, 6.45) is 1.37. The third-order valence-corrected chi connectivity index (χ3v) is 5.51. The van der Waals surface area contributed by atoms with Crippen LogP contribution in [0.4, 0.5) is 13.2 Å². The molecule has 31 heavy (non-hydrogen) atoms. The predicted octanol–water partition coefficient (Wildman–Crippen LogP) is 7.12. The molecule has 0 bridgehead atoms. The molecule has 0 unspecified atom stereocenters. The second-order valence-corrected chi connectivity index (χ2v) is 8.03. The maximum Gasteiger partial charge on any atom is 0.416 e. The molecule has 0 saturated carbocycles. The first-order chi connectivity index (χ1) is 14.9. The third kappa shape index (κ3) is 7.55. The van der Waals surface area contributed by atoms with Crippen LogP contribution in [0.3, 0.4) is 0 Å². The Bertz CT molecular complexity index is 911. The molecule has 3 aromatic rings. The quantitative estimate of drug-likeness (QED) is 0.364. The molecule has 1 N–H and O–H groups in total. The number of unbranched alkanes of at least 4 members (excludes halogenated alkanes) is 1. The number of hydrogen-bond acceptors (Lipinski definition) is 1. The molecule has 3 aromatic carbocycles. The highest BCUT2D eigenvalue weighted by molar-refractivity contribution is 5.27. The van der Waals surface area contributed by atoms with E-state index in [4.69, 9.17) is 0 Å². The van der Waals surface area contributed by atoms with Crippen molar-refractivity contribution in [3.8, 4) is 0 Å². The molecule has 0 amide bonds. The van der Waals surface area contributed by atoms with E-state index in [0.717, 1.165) is 42.5 Å². The highest BCUT2D eigenvalue weighted by Gasteiger charge is 2.29. The van der Waals surface area contributed by atoms with Gasteiger partial charge in [0, 0.05) is 13.1 Å². The Hall–Kier alpha value is -2.59. The lowest BCUT2D eigenvalue weighted by Crippen LogP contribution is -2.13. The molecule has 0 aliphatic rings. The fourth-order valence-electron chi connectivity index (χ4n) is 3.53. The Morgan fingerprint density at radius 3 is 1.39 bits per heavy atom. The zero-order valence-corrected chi connectivity index (χ0v) is 18.0. The molecule has 3 rings (SSSR count). The van der Waals surface area contributed by atoms with Crippen molar-refractivity contribution in [3.05, 3.63) is 106 Å². The van der Waals surface area contributed by atoms with Gasteiger partial charge >= 0.3 is 6.18 Å². The van der Waals surface area contributed by atoms with Crippen molar-refractivity contribution >= 4 is 0 Å². The molecule has 4 heteroatoms. The van der Waals surface area contributed by atoms with Gasteiger partial charge in [-0.05, 0) is 65.6 Å². The topological polar surface area (TPSA) is 12.0 Å². The minimum atomic E-state index is -4.29. The summed E-state index contributed by atoms with van der Waals surface area (Å²) in [5.41, 5.74) is 5.48. The average molecular weight is 426 g/mol. The lowest BCUT2D eigenvalue weighted by molar-refractivity contribution is -0.137. The summed E-state index contributed by atoms with van der Waals surface area (Å²) in [4.78, 5) is 0. The Morgan fingerprint density at radius 1 is 0.581 bits per heavy atom. The first kappa shape index (κ1) is 23.1. The zero-order chi connectivity index (χ0) is 22.1. The van der Waals surface area contributed by atoms with E-state index in [0.29, 0.717) is 13.1 Å². The van der Waals surface area contributed by atoms with Gasteiger partial charge in [-0.3, -0.25) is 0 Å². The SMILES string of the molecule is CCCCc1ccc(CCc2ccc(CNCc3ccc(C(F)(F)F)cc3)cc2)cc1. The third-order valence-electron chi connectivity index (χ3n) is 5.51. The average Bonchev–Trinajstić information content (AvgIpc) is 2.77. The van der Waals surface area contributed by atoms with Gasteiger partial charge in [-0.15, -0.1) is 0 Å². The Kier molecular flexibility index (Phi) is 8.30. The van der Waals surface area contributed by atoms with E-state index in [1.807, 2.05) is 0 Å².